The van der Waals surface area contributed by atoms with Crippen LogP contribution in [0.4, 0.5) is 0 Å². The second-order valence-corrected chi connectivity index (χ2v) is 4.41. The minimum atomic E-state index is -0.939. The number of hydrogen-bond acceptors (Lipinski definition) is 3. The zero-order valence-corrected chi connectivity index (χ0v) is 10.9. The van der Waals surface area contributed by atoms with E-state index in [9.17, 15) is 5.11 Å². The number of pyridine rings is 2. The number of nitrogens with zero attached hydrogens (tertiary/aromatic N) is 2. The summed E-state index contributed by atoms with van der Waals surface area (Å²) < 4.78 is 0. The molecule has 2 aromatic rings. The molecule has 1 unspecified atom stereocenters. The molecule has 5 heteroatoms. The van der Waals surface area contributed by atoms with E-state index >= 15 is 0 Å². The fraction of sp³-hybridized carbons (Fsp3) is 0.0769. The average Bonchev–Trinajstić information content (AvgIpc) is 2.40. The molecule has 2 aromatic heterocycles. The first-order valence-corrected chi connectivity index (χ1v) is 5.95. The Hall–Kier alpha value is -1.42. The Balaban J connectivity index is 2.50. The second kappa shape index (κ2) is 5.48. The van der Waals surface area contributed by atoms with E-state index in [0.29, 0.717) is 21.8 Å². The van der Waals surface area contributed by atoms with Crippen LogP contribution in [0.2, 0.25) is 10.2 Å². The van der Waals surface area contributed by atoms with Gasteiger partial charge in [-0.3, -0.25) is 4.98 Å². The summed E-state index contributed by atoms with van der Waals surface area (Å²) in [6, 6.07) is 5.07. The molecule has 18 heavy (non-hydrogen) atoms. The van der Waals surface area contributed by atoms with Gasteiger partial charge in [0.15, 0.2) is 0 Å². The Morgan fingerprint density at radius 3 is 2.78 bits per heavy atom. The van der Waals surface area contributed by atoms with Crippen molar-refractivity contribution < 1.29 is 5.11 Å². The quantitative estimate of drug-likeness (QED) is 0.876. The van der Waals surface area contributed by atoms with E-state index < -0.39 is 6.10 Å². The van der Waals surface area contributed by atoms with Gasteiger partial charge in [0.2, 0.25) is 0 Å². The van der Waals surface area contributed by atoms with Crippen molar-refractivity contribution in [2.45, 2.75) is 6.10 Å². The van der Waals surface area contributed by atoms with Gasteiger partial charge in [-0.25, -0.2) is 4.98 Å². The summed E-state index contributed by atoms with van der Waals surface area (Å²) in [6.45, 7) is 3.66. The van der Waals surface area contributed by atoms with E-state index in [0.717, 1.165) is 0 Å². The fourth-order valence-corrected chi connectivity index (χ4v) is 2.00. The van der Waals surface area contributed by atoms with Gasteiger partial charge in [-0.05, 0) is 18.2 Å². The minimum Gasteiger partial charge on any atom is -0.383 e. The van der Waals surface area contributed by atoms with Gasteiger partial charge in [0, 0.05) is 23.5 Å². The Morgan fingerprint density at radius 2 is 2.06 bits per heavy atom. The van der Waals surface area contributed by atoms with Crippen molar-refractivity contribution >= 4 is 29.3 Å². The van der Waals surface area contributed by atoms with Crippen molar-refractivity contribution in [2.75, 3.05) is 0 Å². The van der Waals surface area contributed by atoms with Crippen LogP contribution in [0.15, 0.2) is 37.2 Å². The first-order valence-electron chi connectivity index (χ1n) is 5.20. The van der Waals surface area contributed by atoms with E-state index in [-0.39, 0.29) is 5.15 Å². The van der Waals surface area contributed by atoms with Gasteiger partial charge in [-0.15, -0.1) is 0 Å². The summed E-state index contributed by atoms with van der Waals surface area (Å²) in [5.74, 6) is 0. The molecule has 3 nitrogen and oxygen atoms in total. The molecule has 2 heterocycles. The van der Waals surface area contributed by atoms with Crippen LogP contribution in [0.1, 0.15) is 22.9 Å². The number of hydrogen-bond donors (Lipinski definition) is 1. The Bertz CT molecular complexity index is 587. The standard InChI is InChI=1S/C13H10Cl2N2O/c1-2-11-9(4-3-5-16-11)12(18)10-6-8(14)7-17-13(10)15/h2-7,12,18H,1H2. The van der Waals surface area contributed by atoms with Crippen molar-refractivity contribution in [2.24, 2.45) is 0 Å². The lowest BCUT2D eigenvalue weighted by Crippen LogP contribution is -2.04. The maximum atomic E-state index is 10.3. The largest absolute Gasteiger partial charge is 0.383 e. The third-order valence-electron chi connectivity index (χ3n) is 2.49. The number of aliphatic hydroxyl groups is 1. The predicted octanol–water partition coefficient (Wildman–Crippen LogP) is 3.51. The van der Waals surface area contributed by atoms with Crippen LogP contribution < -0.4 is 0 Å². The van der Waals surface area contributed by atoms with Crippen LogP contribution in [-0.2, 0) is 0 Å². The number of aliphatic hydroxyl groups excluding tert-OH is 1. The molecule has 0 spiro atoms. The molecule has 1 N–H and O–H groups in total. The van der Waals surface area contributed by atoms with Crippen LogP contribution in [-0.4, -0.2) is 15.1 Å². The average molecular weight is 281 g/mol. The summed E-state index contributed by atoms with van der Waals surface area (Å²) in [6.07, 6.45) is 3.69. The van der Waals surface area contributed by atoms with Gasteiger partial charge >= 0.3 is 0 Å². The van der Waals surface area contributed by atoms with Gasteiger partial charge in [0.05, 0.1) is 10.7 Å². The minimum absolute atomic E-state index is 0.214. The van der Waals surface area contributed by atoms with Gasteiger partial charge in [0.25, 0.3) is 0 Å². The van der Waals surface area contributed by atoms with Crippen molar-refractivity contribution in [1.29, 1.82) is 0 Å². The highest BCUT2D eigenvalue weighted by atomic mass is 35.5. The van der Waals surface area contributed by atoms with Crippen LogP contribution in [0, 0.1) is 0 Å². The first-order chi connectivity index (χ1) is 8.63. The molecule has 0 amide bonds. The monoisotopic (exact) mass is 280 g/mol. The number of aromatic nitrogens is 2. The number of halogens is 2. The molecule has 0 fully saturated rings. The van der Waals surface area contributed by atoms with Crippen LogP contribution in [0.25, 0.3) is 6.08 Å². The summed E-state index contributed by atoms with van der Waals surface area (Å²) in [4.78, 5) is 8.03. The highest BCUT2D eigenvalue weighted by Crippen LogP contribution is 2.30. The first kappa shape index (κ1) is 13.0. The van der Waals surface area contributed by atoms with E-state index in [4.69, 9.17) is 23.2 Å². The molecule has 0 radical (unpaired) electrons. The molecule has 0 aromatic carbocycles. The van der Waals surface area contributed by atoms with Gasteiger partial charge < -0.3 is 5.11 Å². The molecule has 92 valence electrons. The zero-order valence-electron chi connectivity index (χ0n) is 9.35. The molecule has 0 bridgehead atoms. The SMILES string of the molecule is C=Cc1ncccc1C(O)c1cc(Cl)cnc1Cl. The van der Waals surface area contributed by atoms with Crippen molar-refractivity contribution in [3.63, 3.8) is 0 Å². The Kier molecular flexibility index (Phi) is 3.97. The van der Waals surface area contributed by atoms with Crippen molar-refractivity contribution in [1.82, 2.24) is 9.97 Å². The van der Waals surface area contributed by atoms with Crippen LogP contribution in [0.5, 0.6) is 0 Å². The summed E-state index contributed by atoms with van der Waals surface area (Å²) in [5, 5.41) is 11.0. The lowest BCUT2D eigenvalue weighted by Gasteiger charge is -2.14. The van der Waals surface area contributed by atoms with Crippen molar-refractivity contribution in [3.05, 3.63) is 64.2 Å². The maximum absolute atomic E-state index is 10.3. The highest BCUT2D eigenvalue weighted by Gasteiger charge is 2.18. The fourth-order valence-electron chi connectivity index (χ4n) is 1.63. The lowest BCUT2D eigenvalue weighted by molar-refractivity contribution is 0.219. The molecule has 0 saturated heterocycles. The third kappa shape index (κ3) is 2.53. The van der Waals surface area contributed by atoms with E-state index in [2.05, 4.69) is 16.5 Å². The summed E-state index contributed by atoms with van der Waals surface area (Å²) in [7, 11) is 0. The Morgan fingerprint density at radius 1 is 1.28 bits per heavy atom. The molecule has 1 atom stereocenters. The lowest BCUT2D eigenvalue weighted by atomic mass is 10.0. The van der Waals surface area contributed by atoms with Gasteiger partial charge in [-0.2, -0.15) is 0 Å². The third-order valence-corrected chi connectivity index (χ3v) is 3.01. The van der Waals surface area contributed by atoms with Gasteiger partial charge in [-0.1, -0.05) is 35.8 Å². The summed E-state index contributed by atoms with van der Waals surface area (Å²) in [5.41, 5.74) is 1.65. The van der Waals surface area contributed by atoms with Crippen molar-refractivity contribution in [3.8, 4) is 0 Å². The smallest absolute Gasteiger partial charge is 0.135 e. The maximum Gasteiger partial charge on any atom is 0.135 e. The molecule has 0 aliphatic heterocycles. The zero-order chi connectivity index (χ0) is 13.1. The van der Waals surface area contributed by atoms with E-state index in [1.165, 1.54) is 6.20 Å². The molecule has 0 saturated carbocycles. The predicted molar refractivity (Wildman–Crippen MR) is 72.6 cm³/mol. The van der Waals surface area contributed by atoms with Gasteiger partial charge in [0.1, 0.15) is 11.3 Å². The summed E-state index contributed by atoms with van der Waals surface area (Å²) >= 11 is 11.8. The Labute approximate surface area is 115 Å². The van der Waals surface area contributed by atoms with Crippen LogP contribution in [0.3, 0.4) is 0 Å². The molecule has 0 aliphatic carbocycles. The normalized spacial score (nSPS) is 12.2. The van der Waals surface area contributed by atoms with Crippen LogP contribution >= 0.6 is 23.2 Å². The van der Waals surface area contributed by atoms with E-state index in [1.54, 1.807) is 30.5 Å². The molecular formula is C13H10Cl2N2O. The molecular weight excluding hydrogens is 271 g/mol. The topological polar surface area (TPSA) is 46.0 Å². The molecule has 0 aliphatic rings. The second-order valence-electron chi connectivity index (χ2n) is 3.62. The molecule has 2 rings (SSSR count). The van der Waals surface area contributed by atoms with E-state index in [1.807, 2.05) is 0 Å². The highest BCUT2D eigenvalue weighted by molar-refractivity contribution is 6.32. The number of rotatable bonds is 3.